The van der Waals surface area contributed by atoms with Gasteiger partial charge in [0.25, 0.3) is 5.91 Å². The average Bonchev–Trinajstić information content (AvgIpc) is 2.55. The van der Waals surface area contributed by atoms with Crippen LogP contribution in [0.3, 0.4) is 0 Å². The monoisotopic (exact) mass is 383 g/mol. The Labute approximate surface area is 144 Å². The van der Waals surface area contributed by atoms with Gasteiger partial charge in [0.15, 0.2) is 6.61 Å². The number of carbonyl (C=O) groups is 2. The molecule has 5 nitrogen and oxygen atoms in total. The highest BCUT2D eigenvalue weighted by Crippen LogP contribution is 2.24. The summed E-state index contributed by atoms with van der Waals surface area (Å²) < 4.78 is 10.8. The van der Waals surface area contributed by atoms with Crippen LogP contribution in [0.5, 0.6) is 5.75 Å². The summed E-state index contributed by atoms with van der Waals surface area (Å²) in [6.45, 7) is 1.87. The maximum absolute atomic E-state index is 12.1. The van der Waals surface area contributed by atoms with Gasteiger partial charge in [-0.05, 0) is 52.9 Å². The van der Waals surface area contributed by atoms with Crippen LogP contribution in [0.4, 0.5) is 0 Å². The second-order valence-electron chi connectivity index (χ2n) is 5.86. The zero-order valence-corrected chi connectivity index (χ0v) is 15.0. The van der Waals surface area contributed by atoms with E-state index in [0.717, 1.165) is 19.3 Å². The van der Waals surface area contributed by atoms with Crippen molar-refractivity contribution < 1.29 is 19.1 Å². The Morgan fingerprint density at radius 1 is 1.30 bits per heavy atom. The molecule has 1 fully saturated rings. The van der Waals surface area contributed by atoms with Crippen molar-refractivity contribution in [2.24, 2.45) is 5.92 Å². The minimum absolute atomic E-state index is 0.179. The highest BCUT2D eigenvalue weighted by molar-refractivity contribution is 9.10. The Bertz CT molecular complexity index is 576. The number of rotatable bonds is 5. The largest absolute Gasteiger partial charge is 0.497 e. The van der Waals surface area contributed by atoms with Crippen LogP contribution >= 0.6 is 15.9 Å². The highest BCUT2D eigenvalue weighted by Gasteiger charge is 2.23. The van der Waals surface area contributed by atoms with E-state index in [2.05, 4.69) is 28.2 Å². The van der Waals surface area contributed by atoms with E-state index in [1.807, 2.05) is 0 Å². The number of amides is 1. The molecule has 0 unspecified atom stereocenters. The fourth-order valence-electron chi connectivity index (χ4n) is 2.78. The first-order valence-electron chi connectivity index (χ1n) is 7.81. The van der Waals surface area contributed by atoms with E-state index in [1.165, 1.54) is 13.5 Å². The topological polar surface area (TPSA) is 64.6 Å². The van der Waals surface area contributed by atoms with E-state index < -0.39 is 5.97 Å². The van der Waals surface area contributed by atoms with Gasteiger partial charge < -0.3 is 14.8 Å². The summed E-state index contributed by atoms with van der Waals surface area (Å²) in [4.78, 5) is 24.1. The van der Waals surface area contributed by atoms with Gasteiger partial charge in [0.05, 0.1) is 12.7 Å². The molecule has 0 aliphatic heterocycles. The number of methoxy groups -OCH3 is 1. The predicted octanol–water partition coefficient (Wildman–Crippen LogP) is 3.31. The summed E-state index contributed by atoms with van der Waals surface area (Å²) >= 11 is 3.30. The van der Waals surface area contributed by atoms with Crippen LogP contribution in [-0.2, 0) is 9.53 Å². The lowest BCUT2D eigenvalue weighted by Gasteiger charge is -2.29. The molecule has 2 atom stereocenters. The molecule has 2 rings (SSSR count). The Morgan fingerprint density at radius 3 is 2.74 bits per heavy atom. The van der Waals surface area contributed by atoms with E-state index in [9.17, 15) is 9.59 Å². The average molecular weight is 384 g/mol. The molecule has 0 aromatic heterocycles. The lowest BCUT2D eigenvalue weighted by Crippen LogP contribution is -2.42. The SMILES string of the molecule is COc1ccc(Br)c(C(=O)OCC(=O)N[C@H]2CCCC[C@H]2C)c1. The number of hydrogen-bond acceptors (Lipinski definition) is 4. The van der Waals surface area contributed by atoms with E-state index >= 15 is 0 Å². The van der Waals surface area contributed by atoms with E-state index in [4.69, 9.17) is 9.47 Å². The maximum Gasteiger partial charge on any atom is 0.339 e. The van der Waals surface area contributed by atoms with Crippen molar-refractivity contribution in [1.29, 1.82) is 0 Å². The summed E-state index contributed by atoms with van der Waals surface area (Å²) in [6.07, 6.45) is 4.46. The van der Waals surface area contributed by atoms with Gasteiger partial charge >= 0.3 is 5.97 Å². The molecule has 6 heteroatoms. The van der Waals surface area contributed by atoms with Gasteiger partial charge in [0, 0.05) is 10.5 Å². The molecule has 1 aliphatic carbocycles. The van der Waals surface area contributed by atoms with Crippen LogP contribution in [0, 0.1) is 5.92 Å². The first-order chi connectivity index (χ1) is 11.0. The fourth-order valence-corrected chi connectivity index (χ4v) is 3.18. The summed E-state index contributed by atoms with van der Waals surface area (Å²) in [5.74, 6) is 0.218. The molecule has 1 saturated carbocycles. The molecule has 0 spiro atoms. The zero-order valence-electron chi connectivity index (χ0n) is 13.4. The third kappa shape index (κ3) is 4.96. The van der Waals surface area contributed by atoms with Gasteiger partial charge in [0.1, 0.15) is 5.75 Å². The molecule has 1 aromatic carbocycles. The predicted molar refractivity (Wildman–Crippen MR) is 90.5 cm³/mol. The molecule has 0 heterocycles. The second kappa shape index (κ2) is 8.34. The number of halogens is 1. The molecular weight excluding hydrogens is 362 g/mol. The number of ether oxygens (including phenoxy) is 2. The zero-order chi connectivity index (χ0) is 16.8. The molecule has 126 valence electrons. The van der Waals surface area contributed by atoms with Gasteiger partial charge in [-0.2, -0.15) is 0 Å². The first kappa shape index (κ1) is 17.8. The third-order valence-electron chi connectivity index (χ3n) is 4.19. The van der Waals surface area contributed by atoms with Crippen LogP contribution in [-0.4, -0.2) is 31.6 Å². The number of benzene rings is 1. The Hall–Kier alpha value is -1.56. The lowest BCUT2D eigenvalue weighted by atomic mass is 9.86. The maximum atomic E-state index is 12.1. The van der Waals surface area contributed by atoms with Gasteiger partial charge in [-0.15, -0.1) is 0 Å². The second-order valence-corrected chi connectivity index (χ2v) is 6.71. The first-order valence-corrected chi connectivity index (χ1v) is 8.60. The lowest BCUT2D eigenvalue weighted by molar-refractivity contribution is -0.125. The van der Waals surface area contributed by atoms with Crippen LogP contribution in [0.2, 0.25) is 0 Å². The Balaban J connectivity index is 1.87. The van der Waals surface area contributed by atoms with E-state index in [-0.39, 0.29) is 18.6 Å². The van der Waals surface area contributed by atoms with Crippen molar-refractivity contribution in [2.75, 3.05) is 13.7 Å². The van der Waals surface area contributed by atoms with E-state index in [0.29, 0.717) is 21.7 Å². The van der Waals surface area contributed by atoms with Crippen LogP contribution in [0.1, 0.15) is 43.0 Å². The van der Waals surface area contributed by atoms with Crippen molar-refractivity contribution in [3.05, 3.63) is 28.2 Å². The molecule has 1 amide bonds. The molecule has 0 bridgehead atoms. The fraction of sp³-hybridized carbons (Fsp3) is 0.529. The van der Waals surface area contributed by atoms with Gasteiger partial charge in [-0.1, -0.05) is 19.8 Å². The molecule has 1 aromatic rings. The number of nitrogens with one attached hydrogen (secondary N) is 1. The molecule has 23 heavy (non-hydrogen) atoms. The summed E-state index contributed by atoms with van der Waals surface area (Å²) in [6, 6.07) is 5.20. The summed E-state index contributed by atoms with van der Waals surface area (Å²) in [5, 5.41) is 2.96. The molecular formula is C17H22BrNO4. The number of carbonyl (C=O) groups excluding carboxylic acids is 2. The summed E-state index contributed by atoms with van der Waals surface area (Å²) in [5.41, 5.74) is 0.336. The molecule has 0 saturated heterocycles. The Kier molecular flexibility index (Phi) is 6.45. The Morgan fingerprint density at radius 2 is 2.04 bits per heavy atom. The standard InChI is InChI=1S/C17H22BrNO4/c1-11-5-3-4-6-15(11)19-16(20)10-23-17(21)13-9-12(22-2)7-8-14(13)18/h7-9,11,15H,3-6,10H2,1-2H3,(H,19,20)/t11-,15+/m1/s1. The highest BCUT2D eigenvalue weighted by atomic mass is 79.9. The van der Waals surface area contributed by atoms with Crippen LogP contribution in [0.15, 0.2) is 22.7 Å². The minimum Gasteiger partial charge on any atom is -0.497 e. The van der Waals surface area contributed by atoms with Gasteiger partial charge in [0.2, 0.25) is 0 Å². The smallest absolute Gasteiger partial charge is 0.339 e. The van der Waals surface area contributed by atoms with Crippen LogP contribution in [0.25, 0.3) is 0 Å². The van der Waals surface area contributed by atoms with E-state index in [1.54, 1.807) is 18.2 Å². The molecule has 1 N–H and O–H groups in total. The van der Waals surface area contributed by atoms with Crippen molar-refractivity contribution in [3.63, 3.8) is 0 Å². The van der Waals surface area contributed by atoms with Crippen molar-refractivity contribution in [1.82, 2.24) is 5.32 Å². The van der Waals surface area contributed by atoms with Crippen LogP contribution < -0.4 is 10.1 Å². The molecule has 1 aliphatic rings. The van der Waals surface area contributed by atoms with Gasteiger partial charge in [-0.3, -0.25) is 4.79 Å². The van der Waals surface area contributed by atoms with Crippen molar-refractivity contribution in [3.8, 4) is 5.75 Å². The number of esters is 1. The van der Waals surface area contributed by atoms with Gasteiger partial charge in [-0.25, -0.2) is 4.79 Å². The van der Waals surface area contributed by atoms with Crippen molar-refractivity contribution in [2.45, 2.75) is 38.6 Å². The molecule has 0 radical (unpaired) electrons. The minimum atomic E-state index is -0.553. The summed E-state index contributed by atoms with van der Waals surface area (Å²) in [7, 11) is 1.52. The normalized spacial score (nSPS) is 20.7. The number of hydrogen-bond donors (Lipinski definition) is 1. The quantitative estimate of drug-likeness (QED) is 0.792. The van der Waals surface area contributed by atoms with Crippen molar-refractivity contribution >= 4 is 27.8 Å². The third-order valence-corrected chi connectivity index (χ3v) is 4.88.